The van der Waals surface area contributed by atoms with Gasteiger partial charge in [-0.3, -0.25) is 0 Å². The molecule has 90 valence electrons. The Morgan fingerprint density at radius 2 is 1.17 bits per heavy atom. The molecule has 0 aliphatic heterocycles. The molecule has 0 aromatic heterocycles. The average Bonchev–Trinajstić information content (AvgIpc) is 2.30. The van der Waals surface area contributed by atoms with E-state index in [1.54, 1.807) is 60.7 Å². The summed E-state index contributed by atoms with van der Waals surface area (Å²) in [7, 11) is -4.39. The molecule has 0 bridgehead atoms. The van der Waals surface area contributed by atoms with E-state index in [0.29, 0.717) is 0 Å². The van der Waals surface area contributed by atoms with Crippen LogP contribution in [-0.4, -0.2) is 23.1 Å². The van der Waals surface area contributed by atoms with Crippen molar-refractivity contribution in [2.45, 2.75) is 0 Å². The van der Waals surface area contributed by atoms with Gasteiger partial charge in [0.15, 0.2) is 0 Å². The first-order valence-corrected chi connectivity index (χ1v) is 6.42. The van der Waals surface area contributed by atoms with E-state index in [9.17, 15) is 9.46 Å². The monoisotopic (exact) mass is 274 g/mol. The first-order chi connectivity index (χ1) is 8.16. The summed E-state index contributed by atoms with van der Waals surface area (Å²) in [5.41, 5.74) is 0. The normalized spacial score (nSPS) is 10.3. The van der Waals surface area contributed by atoms with Crippen LogP contribution < -0.4 is 13.9 Å². The fraction of sp³-hybridized carbons (Fsp3) is 0. The topological polar surface area (TPSA) is 58.6 Å². The summed E-state index contributed by atoms with van der Waals surface area (Å²) in [6.45, 7) is 0. The van der Waals surface area contributed by atoms with Crippen molar-refractivity contribution in [2.75, 3.05) is 0 Å². The largest absolute Gasteiger partial charge is 2.00 e. The van der Waals surface area contributed by atoms with Crippen molar-refractivity contribution in [3.8, 4) is 11.5 Å². The molecule has 2 rings (SSSR count). The van der Waals surface area contributed by atoms with Gasteiger partial charge in [0.1, 0.15) is 11.5 Å². The third-order valence-electron chi connectivity index (χ3n) is 1.92. The van der Waals surface area contributed by atoms with Gasteiger partial charge < -0.3 is 15.4 Å². The van der Waals surface area contributed by atoms with Crippen LogP contribution in [-0.2, 0) is 4.57 Å². The predicted molar refractivity (Wildman–Crippen MR) is 68.6 cm³/mol. The molecule has 0 spiro atoms. The number of phosphoric acid groups is 1. The molecule has 0 unspecified atom stereocenters. The van der Waals surface area contributed by atoms with Gasteiger partial charge in [0.25, 0.3) is 0 Å². The van der Waals surface area contributed by atoms with Gasteiger partial charge in [0, 0.05) is 0 Å². The first-order valence-electron chi connectivity index (χ1n) is 4.96. The molecule has 0 N–H and O–H groups in total. The molecular formula is C12H11MgO4P. The van der Waals surface area contributed by atoms with Crippen LogP contribution in [0.4, 0.5) is 0 Å². The quantitative estimate of drug-likeness (QED) is 0.634. The van der Waals surface area contributed by atoms with Crippen LogP contribution in [0.2, 0.25) is 0 Å². The Hall–Kier alpha value is -1.00. The molecule has 0 aliphatic rings. The Kier molecular flexibility index (Phi) is 5.69. The molecule has 0 heterocycles. The Morgan fingerprint density at radius 3 is 1.50 bits per heavy atom. The number of hydrogen-bond donors (Lipinski definition) is 0. The van der Waals surface area contributed by atoms with Crippen LogP contribution >= 0.6 is 7.82 Å². The molecule has 0 fully saturated rings. The molecule has 0 atom stereocenters. The maximum atomic E-state index is 11.6. The van der Waals surface area contributed by atoms with Crippen molar-refractivity contribution in [1.29, 1.82) is 0 Å². The molecule has 2 aromatic carbocycles. The third kappa shape index (κ3) is 4.70. The number of benzene rings is 2. The van der Waals surface area contributed by atoms with Crippen molar-refractivity contribution < 1.29 is 19.9 Å². The molecule has 0 radical (unpaired) electrons. The Bertz CT molecular complexity index is 478. The van der Waals surface area contributed by atoms with Crippen LogP contribution in [0.25, 0.3) is 0 Å². The van der Waals surface area contributed by atoms with Gasteiger partial charge in [-0.05, 0) is 24.3 Å². The van der Waals surface area contributed by atoms with Crippen LogP contribution in [0, 0.1) is 0 Å². The summed E-state index contributed by atoms with van der Waals surface area (Å²) in [6, 6.07) is 16.4. The van der Waals surface area contributed by atoms with Gasteiger partial charge in [-0.1, -0.05) is 36.4 Å². The molecule has 0 saturated heterocycles. The van der Waals surface area contributed by atoms with E-state index in [1.807, 2.05) is 0 Å². The standard InChI is InChI=1S/C12H11O4P.Mg.H/c13-17(14,15-11-7-3-1-4-8-11)16-12-9-5-2-6-10-12;;/h1-10H,(H,13,14);;/q;+2;-1/p-1. The molecule has 0 saturated carbocycles. The molecular weight excluding hydrogens is 263 g/mol. The Balaban J connectivity index is 0.00000162. The zero-order chi connectivity index (χ0) is 12.1. The molecule has 0 aliphatic carbocycles. The molecule has 2 aromatic rings. The second-order valence-electron chi connectivity index (χ2n) is 3.26. The number of rotatable bonds is 4. The van der Waals surface area contributed by atoms with E-state index in [2.05, 4.69) is 0 Å². The van der Waals surface area contributed by atoms with E-state index in [0.717, 1.165) is 0 Å². The van der Waals surface area contributed by atoms with E-state index in [1.165, 1.54) is 0 Å². The summed E-state index contributed by atoms with van der Waals surface area (Å²) < 4.78 is 21.1. The SMILES string of the molecule is O=P([O-])(Oc1ccccc1)Oc1ccccc1.[H-].[Mg+2]. The second-order valence-corrected chi connectivity index (χ2v) is 4.52. The van der Waals surface area contributed by atoms with Gasteiger partial charge in [-0.15, -0.1) is 0 Å². The Labute approximate surface area is 123 Å². The van der Waals surface area contributed by atoms with Crippen molar-refractivity contribution >= 4 is 30.9 Å². The summed E-state index contributed by atoms with van der Waals surface area (Å²) >= 11 is 0. The molecule has 18 heavy (non-hydrogen) atoms. The summed E-state index contributed by atoms with van der Waals surface area (Å²) in [4.78, 5) is 11.6. The van der Waals surface area contributed by atoms with E-state index in [-0.39, 0.29) is 36.0 Å². The summed E-state index contributed by atoms with van der Waals surface area (Å²) in [5, 5.41) is 0. The zero-order valence-electron chi connectivity index (χ0n) is 10.6. The summed E-state index contributed by atoms with van der Waals surface area (Å²) in [6.07, 6.45) is 0. The van der Waals surface area contributed by atoms with Crippen LogP contribution in [0.1, 0.15) is 1.43 Å². The number of para-hydroxylation sites is 2. The minimum absolute atomic E-state index is 0. The van der Waals surface area contributed by atoms with Crippen molar-refractivity contribution in [3.63, 3.8) is 0 Å². The van der Waals surface area contributed by atoms with Crippen molar-refractivity contribution in [1.82, 2.24) is 0 Å². The molecule has 4 nitrogen and oxygen atoms in total. The zero-order valence-corrected chi connectivity index (χ0v) is 11.9. The average molecular weight is 274 g/mol. The third-order valence-corrected chi connectivity index (χ3v) is 2.79. The second kappa shape index (κ2) is 6.80. The number of hydrogen-bond acceptors (Lipinski definition) is 4. The van der Waals surface area contributed by atoms with Gasteiger partial charge in [-0.2, -0.15) is 0 Å². The van der Waals surface area contributed by atoms with Gasteiger partial charge >= 0.3 is 30.9 Å². The fourth-order valence-electron chi connectivity index (χ4n) is 1.24. The van der Waals surface area contributed by atoms with Gasteiger partial charge in [0.2, 0.25) is 0 Å². The maximum absolute atomic E-state index is 11.6. The van der Waals surface area contributed by atoms with Gasteiger partial charge in [0.05, 0.1) is 0 Å². The number of phosphoric ester groups is 1. The summed E-state index contributed by atoms with van der Waals surface area (Å²) in [5.74, 6) is 0.448. The van der Waals surface area contributed by atoms with E-state index < -0.39 is 7.82 Å². The van der Waals surface area contributed by atoms with E-state index in [4.69, 9.17) is 9.05 Å². The van der Waals surface area contributed by atoms with Crippen molar-refractivity contribution in [3.05, 3.63) is 60.7 Å². The first kappa shape index (κ1) is 15.1. The molecule has 6 heteroatoms. The predicted octanol–water partition coefficient (Wildman–Crippen LogP) is 2.34. The van der Waals surface area contributed by atoms with Gasteiger partial charge in [-0.25, -0.2) is 4.57 Å². The van der Waals surface area contributed by atoms with Crippen LogP contribution in [0.5, 0.6) is 11.5 Å². The Morgan fingerprint density at radius 1 is 0.833 bits per heavy atom. The minimum atomic E-state index is -4.39. The fourth-order valence-corrected chi connectivity index (χ4v) is 2.04. The van der Waals surface area contributed by atoms with Crippen molar-refractivity contribution in [2.24, 2.45) is 0 Å². The van der Waals surface area contributed by atoms with Crippen LogP contribution in [0.15, 0.2) is 60.7 Å². The van der Waals surface area contributed by atoms with Crippen LogP contribution in [0.3, 0.4) is 0 Å². The van der Waals surface area contributed by atoms with E-state index >= 15 is 0 Å². The smallest absolute Gasteiger partial charge is 1.00 e. The minimum Gasteiger partial charge on any atom is -1.00 e. The molecule has 0 amide bonds. The maximum Gasteiger partial charge on any atom is 2.00 e.